The predicted molar refractivity (Wildman–Crippen MR) is 77.2 cm³/mol. The van der Waals surface area contributed by atoms with Gasteiger partial charge in [-0.3, -0.25) is 4.79 Å². The van der Waals surface area contributed by atoms with Gasteiger partial charge in [0, 0.05) is 31.6 Å². The molecule has 0 atom stereocenters. The summed E-state index contributed by atoms with van der Waals surface area (Å²) in [7, 11) is 0. The fourth-order valence-corrected chi connectivity index (χ4v) is 2.36. The van der Waals surface area contributed by atoms with E-state index in [2.05, 4.69) is 6.42 Å². The molecule has 0 bridgehead atoms. The number of piperidine rings is 1. The highest BCUT2D eigenvalue weighted by Crippen LogP contribution is 2.11. The quantitative estimate of drug-likeness (QED) is 0.782. The second-order valence-electron chi connectivity index (χ2n) is 5.06. The lowest BCUT2D eigenvalue weighted by Gasteiger charge is -2.26. The minimum absolute atomic E-state index is 0.261. The molecule has 1 aliphatic rings. The Balaban J connectivity index is 1.68. The van der Waals surface area contributed by atoms with Gasteiger partial charge in [0.1, 0.15) is 0 Å². The van der Waals surface area contributed by atoms with Crippen molar-refractivity contribution in [3.63, 3.8) is 0 Å². The van der Waals surface area contributed by atoms with Crippen LogP contribution < -0.4 is 0 Å². The molecule has 1 heterocycles. The molecule has 0 aliphatic carbocycles. The number of nitrogens with one attached hydrogen (secondary N) is 1. The molecule has 1 saturated heterocycles. The Labute approximate surface area is 115 Å². The van der Waals surface area contributed by atoms with Crippen LogP contribution in [-0.2, 0) is 11.2 Å². The molecule has 101 valence electrons. The van der Waals surface area contributed by atoms with Crippen molar-refractivity contribution in [1.29, 1.82) is 5.41 Å². The van der Waals surface area contributed by atoms with Crippen LogP contribution in [0.15, 0.2) is 30.3 Å². The molecule has 19 heavy (non-hydrogen) atoms. The van der Waals surface area contributed by atoms with Crippen molar-refractivity contribution < 1.29 is 4.79 Å². The molecule has 3 nitrogen and oxygen atoms in total. The summed E-state index contributed by atoms with van der Waals surface area (Å²) < 4.78 is 0. The van der Waals surface area contributed by atoms with Crippen molar-refractivity contribution in [2.24, 2.45) is 0 Å². The SMILES string of the molecule is N=C(C[CH]CN1CCCCC1=O)Cc1ccccc1. The summed E-state index contributed by atoms with van der Waals surface area (Å²) in [6.07, 6.45) is 6.24. The standard InChI is InChI=1S/C16H21N2O/c17-15(13-14-7-2-1-3-8-14)9-6-12-18-11-5-4-10-16(18)19/h1-3,6-8,17H,4-5,9-13H2. The summed E-state index contributed by atoms with van der Waals surface area (Å²) in [6, 6.07) is 10.1. The van der Waals surface area contributed by atoms with Crippen molar-refractivity contribution in [2.45, 2.75) is 32.1 Å². The number of carbonyl (C=O) groups is 1. The maximum Gasteiger partial charge on any atom is 0.222 e. The summed E-state index contributed by atoms with van der Waals surface area (Å²) in [5, 5.41) is 7.96. The predicted octanol–water partition coefficient (Wildman–Crippen LogP) is 2.86. The average molecular weight is 257 g/mol. The van der Waals surface area contributed by atoms with Gasteiger partial charge in [-0.05, 0) is 31.2 Å². The van der Waals surface area contributed by atoms with Crippen molar-refractivity contribution in [3.05, 3.63) is 42.3 Å². The fourth-order valence-electron chi connectivity index (χ4n) is 2.36. The zero-order valence-electron chi connectivity index (χ0n) is 11.3. The van der Waals surface area contributed by atoms with Gasteiger partial charge in [0.25, 0.3) is 0 Å². The summed E-state index contributed by atoms with van der Waals surface area (Å²) >= 11 is 0. The van der Waals surface area contributed by atoms with Crippen molar-refractivity contribution in [2.75, 3.05) is 13.1 Å². The Morgan fingerprint density at radius 1 is 1.26 bits per heavy atom. The second kappa shape index (κ2) is 7.07. The van der Waals surface area contributed by atoms with Crippen LogP contribution in [0.4, 0.5) is 0 Å². The van der Waals surface area contributed by atoms with E-state index in [4.69, 9.17) is 5.41 Å². The number of nitrogens with zero attached hydrogens (tertiary/aromatic N) is 1. The Morgan fingerprint density at radius 3 is 2.79 bits per heavy atom. The molecule has 1 fully saturated rings. The smallest absolute Gasteiger partial charge is 0.222 e. The molecular formula is C16H21N2O. The molecule has 1 aliphatic heterocycles. The first kappa shape index (κ1) is 13.8. The molecule has 0 unspecified atom stereocenters. The molecule has 0 saturated carbocycles. The van der Waals surface area contributed by atoms with E-state index in [1.54, 1.807) is 0 Å². The first-order valence-electron chi connectivity index (χ1n) is 6.95. The molecule has 2 rings (SSSR count). The Bertz CT molecular complexity index is 428. The second-order valence-corrected chi connectivity index (χ2v) is 5.06. The molecule has 0 spiro atoms. The van der Waals surface area contributed by atoms with E-state index in [1.807, 2.05) is 35.2 Å². The number of benzene rings is 1. The summed E-state index contributed by atoms with van der Waals surface area (Å²) in [6.45, 7) is 1.57. The monoisotopic (exact) mass is 257 g/mol. The van der Waals surface area contributed by atoms with Gasteiger partial charge < -0.3 is 10.3 Å². The van der Waals surface area contributed by atoms with Crippen molar-refractivity contribution in [3.8, 4) is 0 Å². The van der Waals surface area contributed by atoms with Gasteiger partial charge in [-0.15, -0.1) is 0 Å². The fraction of sp³-hybridized carbons (Fsp3) is 0.438. The van der Waals surface area contributed by atoms with E-state index in [1.165, 1.54) is 5.56 Å². The third kappa shape index (κ3) is 4.51. The van der Waals surface area contributed by atoms with E-state index in [0.29, 0.717) is 31.5 Å². The number of hydrogen-bond donors (Lipinski definition) is 1. The van der Waals surface area contributed by atoms with E-state index in [9.17, 15) is 4.79 Å². The van der Waals surface area contributed by atoms with Crippen LogP contribution in [0.25, 0.3) is 0 Å². The summed E-state index contributed by atoms with van der Waals surface area (Å²) in [5.74, 6) is 0.261. The number of hydrogen-bond acceptors (Lipinski definition) is 2. The number of amides is 1. The topological polar surface area (TPSA) is 44.2 Å². The number of rotatable bonds is 6. The van der Waals surface area contributed by atoms with Gasteiger partial charge in [-0.25, -0.2) is 0 Å². The van der Waals surface area contributed by atoms with Gasteiger partial charge in [-0.1, -0.05) is 30.3 Å². The Kier molecular flexibility index (Phi) is 5.13. The van der Waals surface area contributed by atoms with Crippen LogP contribution in [0.5, 0.6) is 0 Å². The van der Waals surface area contributed by atoms with Gasteiger partial charge in [0.05, 0.1) is 0 Å². The van der Waals surface area contributed by atoms with Crippen LogP contribution >= 0.6 is 0 Å². The normalized spacial score (nSPS) is 15.6. The zero-order chi connectivity index (χ0) is 13.5. The van der Waals surface area contributed by atoms with Crippen LogP contribution in [0.1, 0.15) is 31.2 Å². The Morgan fingerprint density at radius 2 is 2.05 bits per heavy atom. The minimum atomic E-state index is 0.261. The molecule has 1 amide bonds. The van der Waals surface area contributed by atoms with Crippen LogP contribution in [0.3, 0.4) is 0 Å². The van der Waals surface area contributed by atoms with Crippen molar-refractivity contribution >= 4 is 11.6 Å². The molecule has 0 aromatic heterocycles. The van der Waals surface area contributed by atoms with Crippen LogP contribution in [0, 0.1) is 11.8 Å². The highest BCUT2D eigenvalue weighted by atomic mass is 16.2. The molecular weight excluding hydrogens is 236 g/mol. The first-order valence-corrected chi connectivity index (χ1v) is 6.95. The van der Waals surface area contributed by atoms with E-state index in [-0.39, 0.29) is 5.91 Å². The van der Waals surface area contributed by atoms with Gasteiger partial charge in [0.15, 0.2) is 0 Å². The van der Waals surface area contributed by atoms with Crippen LogP contribution in [0.2, 0.25) is 0 Å². The molecule has 1 aromatic carbocycles. The maximum atomic E-state index is 11.6. The lowest BCUT2D eigenvalue weighted by molar-refractivity contribution is -0.132. The van der Waals surface area contributed by atoms with E-state index in [0.717, 1.165) is 19.4 Å². The molecule has 1 radical (unpaired) electrons. The Hall–Kier alpha value is -1.64. The third-order valence-corrected chi connectivity index (χ3v) is 3.42. The van der Waals surface area contributed by atoms with Gasteiger partial charge in [0.2, 0.25) is 5.91 Å². The largest absolute Gasteiger partial charge is 0.342 e. The van der Waals surface area contributed by atoms with Gasteiger partial charge in [-0.2, -0.15) is 0 Å². The highest BCUT2D eigenvalue weighted by Gasteiger charge is 2.17. The lowest BCUT2D eigenvalue weighted by Crippen LogP contribution is -2.36. The third-order valence-electron chi connectivity index (χ3n) is 3.42. The van der Waals surface area contributed by atoms with Crippen molar-refractivity contribution in [1.82, 2.24) is 4.90 Å². The minimum Gasteiger partial charge on any atom is -0.342 e. The lowest BCUT2D eigenvalue weighted by atomic mass is 10.0. The molecule has 3 heteroatoms. The summed E-state index contributed by atoms with van der Waals surface area (Å²) in [5.41, 5.74) is 1.88. The van der Waals surface area contributed by atoms with Crippen LogP contribution in [-0.4, -0.2) is 29.6 Å². The molecule has 1 aromatic rings. The van der Waals surface area contributed by atoms with E-state index >= 15 is 0 Å². The zero-order valence-corrected chi connectivity index (χ0v) is 11.3. The number of likely N-dealkylation sites (tertiary alicyclic amines) is 1. The molecule has 1 N–H and O–H groups in total. The maximum absolute atomic E-state index is 11.6. The van der Waals surface area contributed by atoms with E-state index < -0.39 is 0 Å². The average Bonchev–Trinajstić information content (AvgIpc) is 2.42. The first-order chi connectivity index (χ1) is 9.25. The highest BCUT2D eigenvalue weighted by molar-refractivity contribution is 5.84. The summed E-state index contributed by atoms with van der Waals surface area (Å²) in [4.78, 5) is 13.5. The number of carbonyl (C=O) groups excluding carboxylic acids is 1. The van der Waals surface area contributed by atoms with Gasteiger partial charge >= 0.3 is 0 Å².